The predicted molar refractivity (Wildman–Crippen MR) is 121 cm³/mol. The predicted octanol–water partition coefficient (Wildman–Crippen LogP) is 7.82. The van der Waals surface area contributed by atoms with Gasteiger partial charge in [-0.25, -0.2) is 0 Å². The molecule has 1 aromatic carbocycles. The quantitative estimate of drug-likeness (QED) is 0.311. The largest absolute Gasteiger partial charge is 0.115 e. The number of rotatable bonds is 9. The van der Waals surface area contributed by atoms with Crippen LogP contribution in [0.25, 0.3) is 5.57 Å². The zero-order chi connectivity index (χ0) is 20.0. The van der Waals surface area contributed by atoms with Crippen LogP contribution in [0, 0.1) is 38.0 Å². The Bertz CT molecular complexity index is 754. The van der Waals surface area contributed by atoms with Crippen LogP contribution < -0.4 is 0 Å². The highest BCUT2D eigenvalue weighted by Gasteiger charge is 2.20. The van der Waals surface area contributed by atoms with E-state index in [0.717, 1.165) is 24.0 Å². The second kappa shape index (κ2) is 9.80. The minimum atomic E-state index is 0.589. The lowest BCUT2D eigenvalue weighted by Crippen LogP contribution is -2.06. The summed E-state index contributed by atoms with van der Waals surface area (Å²) in [4.78, 5) is 0. The Morgan fingerprint density at radius 2 is 1.85 bits per heavy atom. The zero-order valence-electron chi connectivity index (χ0n) is 18.0. The lowest BCUT2D eigenvalue weighted by Gasteiger charge is -2.22. The molecule has 0 heterocycles. The Kier molecular flexibility index (Phi) is 7.73. The molecule has 0 radical (unpaired) electrons. The summed E-state index contributed by atoms with van der Waals surface area (Å²) in [6, 6.07) is 6.59. The SMILES string of the molecule is C#C/C(=C\C1CC1)C(=C)CCC(CCC)/C(C)=C(\C)c1c(C)cccc1C. The van der Waals surface area contributed by atoms with E-state index in [9.17, 15) is 0 Å². The first-order chi connectivity index (χ1) is 12.9. The second-order valence-electron chi connectivity index (χ2n) is 8.26. The van der Waals surface area contributed by atoms with Gasteiger partial charge in [-0.05, 0) is 99.5 Å². The van der Waals surface area contributed by atoms with Crippen LogP contribution in [0.2, 0.25) is 0 Å². The van der Waals surface area contributed by atoms with E-state index in [1.807, 2.05) is 0 Å². The topological polar surface area (TPSA) is 0 Å². The van der Waals surface area contributed by atoms with Gasteiger partial charge in [-0.2, -0.15) is 0 Å². The standard InChI is InChI=1S/C27H36/c1-8-11-26(17-14-19(3)25(9-2)18-24-15-16-24)22(6)23(7)27-20(4)12-10-13-21(27)5/h2,10,12-13,18,24,26H,3,8,11,14-17H2,1,4-7H3/b23-22+,25-18+. The summed E-state index contributed by atoms with van der Waals surface area (Å²) < 4.78 is 0. The van der Waals surface area contributed by atoms with Crippen molar-refractivity contribution in [2.75, 3.05) is 0 Å². The van der Waals surface area contributed by atoms with Crippen molar-refractivity contribution in [1.29, 1.82) is 0 Å². The Morgan fingerprint density at radius 1 is 1.22 bits per heavy atom. The maximum Gasteiger partial charge on any atom is 0.0231 e. The van der Waals surface area contributed by atoms with Crippen molar-refractivity contribution >= 4 is 5.57 Å². The summed E-state index contributed by atoms with van der Waals surface area (Å²) in [5.74, 6) is 4.16. The average molecular weight is 361 g/mol. The van der Waals surface area contributed by atoms with Crippen molar-refractivity contribution in [3.63, 3.8) is 0 Å². The van der Waals surface area contributed by atoms with Gasteiger partial charge in [-0.15, -0.1) is 6.42 Å². The van der Waals surface area contributed by atoms with Crippen LogP contribution in [0.15, 0.2) is 47.6 Å². The van der Waals surface area contributed by atoms with E-state index in [2.05, 4.69) is 71.4 Å². The Hall–Kier alpha value is -2.00. The first-order valence-corrected chi connectivity index (χ1v) is 10.5. The summed E-state index contributed by atoms with van der Waals surface area (Å²) >= 11 is 0. The third-order valence-corrected chi connectivity index (χ3v) is 6.05. The third kappa shape index (κ3) is 5.74. The first kappa shape index (κ1) is 21.3. The number of benzene rings is 1. The molecule has 1 atom stereocenters. The molecule has 0 amide bonds. The van der Waals surface area contributed by atoms with E-state index in [1.54, 1.807) is 0 Å². The molecular weight excluding hydrogens is 324 g/mol. The van der Waals surface area contributed by atoms with Gasteiger partial charge in [-0.3, -0.25) is 0 Å². The van der Waals surface area contributed by atoms with E-state index in [0.29, 0.717) is 11.8 Å². The van der Waals surface area contributed by atoms with E-state index >= 15 is 0 Å². The van der Waals surface area contributed by atoms with Crippen LogP contribution in [0.4, 0.5) is 0 Å². The van der Waals surface area contributed by atoms with E-state index in [-0.39, 0.29) is 0 Å². The van der Waals surface area contributed by atoms with Gasteiger partial charge in [0.2, 0.25) is 0 Å². The van der Waals surface area contributed by atoms with Gasteiger partial charge < -0.3 is 0 Å². The molecule has 2 rings (SSSR count). The minimum absolute atomic E-state index is 0.589. The minimum Gasteiger partial charge on any atom is -0.115 e. The Labute approximate surface area is 167 Å². The monoisotopic (exact) mass is 360 g/mol. The van der Waals surface area contributed by atoms with Gasteiger partial charge >= 0.3 is 0 Å². The van der Waals surface area contributed by atoms with Gasteiger partial charge in [0.15, 0.2) is 0 Å². The molecule has 0 aliphatic heterocycles. The number of hydrogen-bond acceptors (Lipinski definition) is 0. The molecule has 1 unspecified atom stereocenters. The summed E-state index contributed by atoms with van der Waals surface area (Å²) in [6.45, 7) is 15.6. The second-order valence-corrected chi connectivity index (χ2v) is 8.26. The van der Waals surface area contributed by atoms with Crippen molar-refractivity contribution in [3.8, 4) is 12.3 Å². The van der Waals surface area contributed by atoms with E-state index in [1.165, 1.54) is 53.5 Å². The molecule has 0 spiro atoms. The van der Waals surface area contributed by atoms with Crippen LogP contribution in [0.1, 0.15) is 76.0 Å². The molecule has 0 saturated heterocycles. The Morgan fingerprint density at radius 3 is 2.37 bits per heavy atom. The molecule has 27 heavy (non-hydrogen) atoms. The lowest BCUT2D eigenvalue weighted by atomic mass is 9.83. The molecule has 0 nitrogen and oxygen atoms in total. The first-order valence-electron chi connectivity index (χ1n) is 10.5. The average Bonchev–Trinajstić information content (AvgIpc) is 3.46. The third-order valence-electron chi connectivity index (χ3n) is 6.05. The molecule has 1 aliphatic rings. The molecular formula is C27H36. The maximum absolute atomic E-state index is 5.74. The number of aryl methyl sites for hydroxylation is 2. The number of terminal acetylenes is 1. The van der Waals surface area contributed by atoms with Gasteiger partial charge in [-0.1, -0.05) is 55.7 Å². The fraction of sp³-hybridized carbons (Fsp3) is 0.481. The normalized spacial score (nSPS) is 16.5. The molecule has 144 valence electrons. The van der Waals surface area contributed by atoms with Gasteiger partial charge in [0.25, 0.3) is 0 Å². The summed E-state index contributed by atoms with van der Waals surface area (Å²) in [5.41, 5.74) is 9.31. The molecule has 1 saturated carbocycles. The van der Waals surface area contributed by atoms with Gasteiger partial charge in [0.05, 0.1) is 0 Å². The zero-order valence-corrected chi connectivity index (χ0v) is 18.0. The maximum atomic E-state index is 5.74. The fourth-order valence-electron chi connectivity index (χ4n) is 4.08. The van der Waals surface area contributed by atoms with E-state index < -0.39 is 0 Å². The smallest absolute Gasteiger partial charge is 0.0231 e. The highest BCUT2D eigenvalue weighted by atomic mass is 14.2. The van der Waals surface area contributed by atoms with Crippen LogP contribution in [-0.4, -0.2) is 0 Å². The van der Waals surface area contributed by atoms with Crippen molar-refractivity contribution in [1.82, 2.24) is 0 Å². The number of hydrogen-bond donors (Lipinski definition) is 0. The van der Waals surface area contributed by atoms with Crippen molar-refractivity contribution in [2.24, 2.45) is 11.8 Å². The van der Waals surface area contributed by atoms with Crippen LogP contribution in [0.5, 0.6) is 0 Å². The molecule has 1 fully saturated rings. The molecule has 0 bridgehead atoms. The molecule has 0 aromatic heterocycles. The Balaban J connectivity index is 2.18. The fourth-order valence-corrected chi connectivity index (χ4v) is 4.08. The molecule has 1 aliphatic carbocycles. The summed E-state index contributed by atoms with van der Waals surface area (Å²) in [5, 5.41) is 0. The van der Waals surface area contributed by atoms with Crippen LogP contribution in [-0.2, 0) is 0 Å². The highest BCUT2D eigenvalue weighted by molar-refractivity contribution is 5.71. The van der Waals surface area contributed by atoms with E-state index in [4.69, 9.17) is 6.42 Å². The van der Waals surface area contributed by atoms with Gasteiger partial charge in [0.1, 0.15) is 0 Å². The van der Waals surface area contributed by atoms with Crippen molar-refractivity contribution in [2.45, 2.75) is 73.1 Å². The van der Waals surface area contributed by atoms with Crippen molar-refractivity contribution in [3.05, 3.63) is 64.3 Å². The van der Waals surface area contributed by atoms with Crippen LogP contribution in [0.3, 0.4) is 0 Å². The highest BCUT2D eigenvalue weighted by Crippen LogP contribution is 2.35. The number of allylic oxidation sites excluding steroid dienone is 5. The van der Waals surface area contributed by atoms with Gasteiger partial charge in [0, 0.05) is 5.57 Å². The summed E-state index contributed by atoms with van der Waals surface area (Å²) in [7, 11) is 0. The molecule has 0 heteroatoms. The van der Waals surface area contributed by atoms with Crippen LogP contribution >= 0.6 is 0 Å². The van der Waals surface area contributed by atoms with Crippen molar-refractivity contribution < 1.29 is 0 Å². The summed E-state index contributed by atoms with van der Waals surface area (Å²) in [6.07, 6.45) is 15.1. The molecule has 1 aromatic rings. The molecule has 0 N–H and O–H groups in total. The lowest BCUT2D eigenvalue weighted by molar-refractivity contribution is 0.512.